The first-order valence-electron chi connectivity index (χ1n) is 8.41. The summed E-state index contributed by atoms with van der Waals surface area (Å²) in [7, 11) is 1.58. The summed E-state index contributed by atoms with van der Waals surface area (Å²) in [5.74, 6) is 0.169. The van der Waals surface area contributed by atoms with E-state index in [0.717, 1.165) is 11.1 Å². The predicted octanol–water partition coefficient (Wildman–Crippen LogP) is 3.79. The highest BCUT2D eigenvalue weighted by Gasteiger charge is 2.13. The molecular formula is C21H17N3O4. The zero-order valence-corrected chi connectivity index (χ0v) is 15.0. The SMILES string of the molecule is COc1ccc(C(=NNC(=O)c2cccc([N+](=O)[O-])c2)c2ccccc2)cc1. The molecule has 1 N–H and O–H groups in total. The topological polar surface area (TPSA) is 93.8 Å². The van der Waals surface area contributed by atoms with Gasteiger partial charge in [-0.1, -0.05) is 36.4 Å². The molecule has 7 nitrogen and oxygen atoms in total. The Morgan fingerprint density at radius 2 is 1.57 bits per heavy atom. The molecule has 0 fully saturated rings. The van der Waals surface area contributed by atoms with Crippen LogP contribution in [0.5, 0.6) is 5.75 Å². The molecule has 0 aliphatic carbocycles. The summed E-state index contributed by atoms with van der Waals surface area (Å²) in [4.78, 5) is 22.8. The van der Waals surface area contributed by atoms with Gasteiger partial charge in [-0.3, -0.25) is 14.9 Å². The number of nitro groups is 1. The van der Waals surface area contributed by atoms with Crippen molar-refractivity contribution in [3.8, 4) is 5.75 Å². The zero-order valence-electron chi connectivity index (χ0n) is 15.0. The Kier molecular flexibility index (Phi) is 5.76. The molecule has 1 amide bonds. The summed E-state index contributed by atoms with van der Waals surface area (Å²) in [5, 5.41) is 15.2. The largest absolute Gasteiger partial charge is 0.497 e. The van der Waals surface area contributed by atoms with E-state index in [0.29, 0.717) is 11.5 Å². The van der Waals surface area contributed by atoms with Crippen LogP contribution in [0.3, 0.4) is 0 Å². The lowest BCUT2D eigenvalue weighted by Gasteiger charge is -2.09. The van der Waals surface area contributed by atoms with E-state index in [1.165, 1.54) is 24.3 Å². The van der Waals surface area contributed by atoms with E-state index in [9.17, 15) is 14.9 Å². The standard InChI is InChI=1S/C21H17N3O4/c1-28-19-12-10-16(11-13-19)20(15-6-3-2-4-7-15)22-23-21(25)17-8-5-9-18(14-17)24(26)27/h2-14H,1H3,(H,23,25). The second kappa shape index (κ2) is 8.59. The molecule has 28 heavy (non-hydrogen) atoms. The smallest absolute Gasteiger partial charge is 0.271 e. The van der Waals surface area contributed by atoms with Gasteiger partial charge in [0.05, 0.1) is 17.7 Å². The van der Waals surface area contributed by atoms with Gasteiger partial charge in [-0.25, -0.2) is 5.43 Å². The molecule has 7 heteroatoms. The van der Waals surface area contributed by atoms with Gasteiger partial charge in [-0.05, 0) is 30.3 Å². The number of nitro benzene ring substituents is 1. The number of nitrogens with zero attached hydrogens (tertiary/aromatic N) is 2. The highest BCUT2D eigenvalue weighted by atomic mass is 16.6. The Bertz CT molecular complexity index is 1020. The van der Waals surface area contributed by atoms with Crippen LogP contribution in [0.1, 0.15) is 21.5 Å². The van der Waals surface area contributed by atoms with Crippen LogP contribution < -0.4 is 10.2 Å². The van der Waals surface area contributed by atoms with Gasteiger partial charge in [0, 0.05) is 28.8 Å². The van der Waals surface area contributed by atoms with E-state index in [1.54, 1.807) is 19.2 Å². The van der Waals surface area contributed by atoms with Crippen molar-refractivity contribution in [1.82, 2.24) is 5.43 Å². The zero-order chi connectivity index (χ0) is 19.9. The quantitative estimate of drug-likeness (QED) is 0.403. The van der Waals surface area contributed by atoms with Crippen molar-refractivity contribution in [3.63, 3.8) is 0 Å². The number of carbonyl (C=O) groups excluding carboxylic acids is 1. The van der Waals surface area contributed by atoms with Crippen LogP contribution in [-0.2, 0) is 0 Å². The molecule has 0 aromatic heterocycles. The van der Waals surface area contributed by atoms with Crippen LogP contribution in [0.2, 0.25) is 0 Å². The lowest BCUT2D eigenvalue weighted by Crippen LogP contribution is -2.20. The van der Waals surface area contributed by atoms with Crippen molar-refractivity contribution in [2.75, 3.05) is 7.11 Å². The number of hydrogen-bond donors (Lipinski definition) is 1. The number of nitrogens with one attached hydrogen (secondary N) is 1. The molecule has 0 aliphatic heterocycles. The van der Waals surface area contributed by atoms with Gasteiger partial charge in [0.15, 0.2) is 0 Å². The van der Waals surface area contributed by atoms with Gasteiger partial charge < -0.3 is 4.74 Å². The maximum absolute atomic E-state index is 12.4. The number of amides is 1. The second-order valence-corrected chi connectivity index (χ2v) is 5.80. The monoisotopic (exact) mass is 375 g/mol. The minimum absolute atomic E-state index is 0.153. The van der Waals surface area contributed by atoms with Crippen LogP contribution in [0.4, 0.5) is 5.69 Å². The molecule has 0 spiro atoms. The molecule has 0 heterocycles. The third kappa shape index (κ3) is 4.39. The summed E-state index contributed by atoms with van der Waals surface area (Å²) >= 11 is 0. The molecule has 140 valence electrons. The molecule has 0 aliphatic rings. The third-order valence-electron chi connectivity index (χ3n) is 4.00. The lowest BCUT2D eigenvalue weighted by atomic mass is 10.0. The van der Waals surface area contributed by atoms with Crippen LogP contribution in [0.25, 0.3) is 0 Å². The van der Waals surface area contributed by atoms with Crippen LogP contribution in [0.15, 0.2) is 84.0 Å². The fraction of sp³-hybridized carbons (Fsp3) is 0.0476. The first-order valence-corrected chi connectivity index (χ1v) is 8.41. The number of rotatable bonds is 6. The summed E-state index contributed by atoms with van der Waals surface area (Å²) in [6, 6.07) is 22.1. The Labute approximate surface area is 161 Å². The number of hydrazone groups is 1. The fourth-order valence-electron chi connectivity index (χ4n) is 2.57. The highest BCUT2D eigenvalue weighted by molar-refractivity contribution is 6.13. The van der Waals surface area contributed by atoms with Crippen LogP contribution in [0, 0.1) is 10.1 Å². The first-order chi connectivity index (χ1) is 13.6. The predicted molar refractivity (Wildman–Crippen MR) is 106 cm³/mol. The van der Waals surface area contributed by atoms with E-state index in [1.807, 2.05) is 42.5 Å². The number of non-ortho nitro benzene ring substituents is 1. The summed E-state index contributed by atoms with van der Waals surface area (Å²) in [5.41, 5.74) is 4.63. The van der Waals surface area contributed by atoms with Gasteiger partial charge in [0.2, 0.25) is 0 Å². The van der Waals surface area contributed by atoms with E-state index in [2.05, 4.69) is 10.5 Å². The van der Waals surface area contributed by atoms with E-state index >= 15 is 0 Å². The van der Waals surface area contributed by atoms with Crippen molar-refractivity contribution in [1.29, 1.82) is 0 Å². The summed E-state index contributed by atoms with van der Waals surface area (Å²) < 4.78 is 5.18. The molecule has 0 saturated heterocycles. The third-order valence-corrected chi connectivity index (χ3v) is 4.00. The Morgan fingerprint density at radius 3 is 2.21 bits per heavy atom. The van der Waals surface area contributed by atoms with Crippen molar-refractivity contribution in [3.05, 3.63) is 106 Å². The van der Waals surface area contributed by atoms with Gasteiger partial charge in [-0.15, -0.1) is 0 Å². The number of methoxy groups -OCH3 is 1. The Hall–Kier alpha value is -4.00. The van der Waals surface area contributed by atoms with E-state index in [4.69, 9.17) is 4.74 Å². The minimum atomic E-state index is -0.549. The minimum Gasteiger partial charge on any atom is -0.497 e. The molecule has 3 rings (SSSR count). The van der Waals surface area contributed by atoms with Gasteiger partial charge in [0.1, 0.15) is 5.75 Å². The maximum Gasteiger partial charge on any atom is 0.271 e. The number of benzene rings is 3. The normalized spacial score (nSPS) is 11.0. The van der Waals surface area contributed by atoms with Crippen LogP contribution in [-0.4, -0.2) is 23.7 Å². The molecular weight excluding hydrogens is 358 g/mol. The van der Waals surface area contributed by atoms with Gasteiger partial charge >= 0.3 is 0 Å². The molecule has 0 unspecified atom stereocenters. The first kappa shape index (κ1) is 18.8. The number of ether oxygens (including phenoxy) is 1. The fourth-order valence-corrected chi connectivity index (χ4v) is 2.57. The van der Waals surface area contributed by atoms with Crippen LogP contribution >= 0.6 is 0 Å². The summed E-state index contributed by atoms with van der Waals surface area (Å²) in [6.45, 7) is 0. The maximum atomic E-state index is 12.4. The Morgan fingerprint density at radius 1 is 0.929 bits per heavy atom. The summed E-state index contributed by atoms with van der Waals surface area (Å²) in [6.07, 6.45) is 0. The van der Waals surface area contributed by atoms with Crippen molar-refractivity contribution < 1.29 is 14.5 Å². The van der Waals surface area contributed by atoms with Crippen molar-refractivity contribution in [2.45, 2.75) is 0 Å². The van der Waals surface area contributed by atoms with E-state index in [-0.39, 0.29) is 11.3 Å². The highest BCUT2D eigenvalue weighted by Crippen LogP contribution is 2.16. The second-order valence-electron chi connectivity index (χ2n) is 5.80. The number of carbonyl (C=O) groups is 1. The molecule has 3 aromatic rings. The van der Waals surface area contributed by atoms with Gasteiger partial charge in [-0.2, -0.15) is 5.10 Å². The number of hydrogen-bond acceptors (Lipinski definition) is 5. The molecule has 0 saturated carbocycles. The Balaban J connectivity index is 1.91. The molecule has 0 atom stereocenters. The molecule has 3 aromatic carbocycles. The van der Waals surface area contributed by atoms with Crippen molar-refractivity contribution >= 4 is 17.3 Å². The molecule has 0 bridgehead atoms. The van der Waals surface area contributed by atoms with Gasteiger partial charge in [0.25, 0.3) is 11.6 Å². The van der Waals surface area contributed by atoms with Crippen molar-refractivity contribution in [2.24, 2.45) is 5.10 Å². The average Bonchev–Trinajstić information content (AvgIpc) is 2.75. The molecule has 0 radical (unpaired) electrons. The lowest BCUT2D eigenvalue weighted by molar-refractivity contribution is -0.384. The average molecular weight is 375 g/mol. The van der Waals surface area contributed by atoms with E-state index < -0.39 is 10.8 Å².